The summed E-state index contributed by atoms with van der Waals surface area (Å²) in [6.45, 7) is 11.6. The molecule has 0 bridgehead atoms. The minimum absolute atomic E-state index is 0.0477. The Morgan fingerprint density at radius 1 is 1.00 bits per heavy atom. The fourth-order valence-corrected chi connectivity index (χ4v) is 9.79. The molecule has 4 aliphatic rings. The Bertz CT molecular complexity index is 982. The maximum absolute atomic E-state index is 14.5. The van der Waals surface area contributed by atoms with E-state index >= 15 is 0 Å². The van der Waals surface area contributed by atoms with Gasteiger partial charge in [0, 0.05) is 31.6 Å². The molecule has 0 spiro atoms. The number of methoxy groups -OCH3 is 1. The van der Waals surface area contributed by atoms with Crippen molar-refractivity contribution >= 4 is 23.7 Å². The average Bonchev–Trinajstić information content (AvgIpc) is 3.12. The molecule has 2 N–H and O–H groups in total. The Labute approximate surface area is 227 Å². The minimum atomic E-state index is -0.681. The molecule has 8 heteroatoms. The van der Waals surface area contributed by atoms with Crippen molar-refractivity contribution in [2.75, 3.05) is 7.11 Å². The largest absolute Gasteiger partial charge is 0.469 e. The van der Waals surface area contributed by atoms with Crippen LogP contribution in [-0.2, 0) is 33.4 Å². The number of ketones is 1. The third-order valence-electron chi connectivity index (χ3n) is 11.8. The Hall–Kier alpha value is -1.96. The summed E-state index contributed by atoms with van der Waals surface area (Å²) in [6, 6.07) is -0.664. The molecule has 0 aromatic heterocycles. The fraction of sp³-hybridized carbons (Fsp3) is 0.867. The van der Waals surface area contributed by atoms with Crippen LogP contribution < -0.4 is 5.73 Å². The Balaban J connectivity index is 1.73. The van der Waals surface area contributed by atoms with Gasteiger partial charge >= 0.3 is 17.9 Å². The van der Waals surface area contributed by atoms with Crippen LogP contribution in [-0.4, -0.2) is 49.1 Å². The zero-order valence-electron chi connectivity index (χ0n) is 24.2. The Morgan fingerprint density at radius 3 is 2.26 bits per heavy atom. The number of carbonyl (C=O) groups excluding carboxylic acids is 4. The number of esters is 3. The second-order valence-corrected chi connectivity index (χ2v) is 13.4. The molecule has 0 heterocycles. The lowest BCUT2D eigenvalue weighted by Gasteiger charge is -2.67. The number of nitrogens with two attached hydrogens (primary N) is 1. The highest BCUT2D eigenvalue weighted by molar-refractivity contribution is 5.92. The van der Waals surface area contributed by atoms with Gasteiger partial charge in [0.25, 0.3) is 0 Å². The van der Waals surface area contributed by atoms with Crippen molar-refractivity contribution in [3.63, 3.8) is 0 Å². The van der Waals surface area contributed by atoms with E-state index in [0.717, 1.165) is 25.7 Å². The number of rotatable bonds is 6. The van der Waals surface area contributed by atoms with Crippen molar-refractivity contribution in [3.05, 3.63) is 0 Å². The lowest BCUT2D eigenvalue weighted by Crippen LogP contribution is -2.72. The van der Waals surface area contributed by atoms with Gasteiger partial charge in [0.1, 0.15) is 12.2 Å². The van der Waals surface area contributed by atoms with Crippen molar-refractivity contribution in [2.24, 2.45) is 51.6 Å². The van der Waals surface area contributed by atoms with Gasteiger partial charge in [0.15, 0.2) is 5.78 Å². The van der Waals surface area contributed by atoms with Crippen LogP contribution in [0.2, 0.25) is 0 Å². The first-order valence-electron chi connectivity index (χ1n) is 14.4. The summed E-state index contributed by atoms with van der Waals surface area (Å²) in [5.74, 6) is -0.538. The molecule has 1 unspecified atom stereocenters. The van der Waals surface area contributed by atoms with Crippen LogP contribution in [0.1, 0.15) is 92.9 Å². The quantitative estimate of drug-likeness (QED) is 0.398. The summed E-state index contributed by atoms with van der Waals surface area (Å²) in [7, 11) is 1.40. The average molecular weight is 534 g/mol. The maximum atomic E-state index is 14.5. The Morgan fingerprint density at radius 2 is 1.66 bits per heavy atom. The third-order valence-corrected chi connectivity index (χ3v) is 11.8. The molecule has 8 nitrogen and oxygen atoms in total. The summed E-state index contributed by atoms with van der Waals surface area (Å²) < 4.78 is 16.6. The zero-order chi connectivity index (χ0) is 28.2. The highest BCUT2D eigenvalue weighted by Gasteiger charge is 2.73. The first-order chi connectivity index (χ1) is 17.7. The normalized spacial score (nSPS) is 44.7. The molecule has 214 valence electrons. The monoisotopic (exact) mass is 533 g/mol. The van der Waals surface area contributed by atoms with Crippen LogP contribution in [0.4, 0.5) is 0 Å². The van der Waals surface area contributed by atoms with Crippen molar-refractivity contribution in [2.45, 2.75) is 111 Å². The van der Waals surface area contributed by atoms with Crippen LogP contribution in [0.15, 0.2) is 0 Å². The summed E-state index contributed by atoms with van der Waals surface area (Å²) in [6.07, 6.45) is 5.14. The van der Waals surface area contributed by atoms with Gasteiger partial charge in [0.05, 0.1) is 13.2 Å². The van der Waals surface area contributed by atoms with E-state index in [0.29, 0.717) is 25.7 Å². The van der Waals surface area contributed by atoms with Crippen LogP contribution in [0.5, 0.6) is 0 Å². The molecule has 0 aromatic carbocycles. The molecule has 0 aromatic rings. The second-order valence-electron chi connectivity index (χ2n) is 13.4. The molecular formula is C30H47NO7. The molecule has 4 fully saturated rings. The first kappa shape index (κ1) is 29.0. The van der Waals surface area contributed by atoms with Crippen LogP contribution >= 0.6 is 0 Å². The van der Waals surface area contributed by atoms with Crippen LogP contribution in [0.3, 0.4) is 0 Å². The molecule has 0 radical (unpaired) electrons. The number of Topliss-reactive ketones (excluding diaryl/α,β-unsaturated/α-hetero) is 1. The molecular weight excluding hydrogens is 486 g/mol. The van der Waals surface area contributed by atoms with Crippen LogP contribution in [0, 0.1) is 45.8 Å². The minimum Gasteiger partial charge on any atom is -0.469 e. The van der Waals surface area contributed by atoms with Gasteiger partial charge in [-0.1, -0.05) is 27.7 Å². The van der Waals surface area contributed by atoms with Gasteiger partial charge < -0.3 is 19.9 Å². The van der Waals surface area contributed by atoms with Crippen molar-refractivity contribution in [3.8, 4) is 0 Å². The standard InChI is InChI=1S/C30H47NO7/c1-16(8-9-23(34)36-7)21-11-13-29(5)24-22(38-18(3)33)15-19-14-20(37-17(2)32)10-12-28(19,4)25(24)26(31)27(35)30(21,29)6/h16,19-22,24-26H,8-15,31H2,1-7H3/t16-,19+,20-,21?,22-,24-,25-,26+,28+,29+,30+/m1/s1. The predicted molar refractivity (Wildman–Crippen MR) is 140 cm³/mol. The summed E-state index contributed by atoms with van der Waals surface area (Å²) in [4.78, 5) is 50.4. The number of ether oxygens (including phenoxy) is 3. The van der Waals surface area contributed by atoms with E-state index in [1.807, 2.05) is 0 Å². The molecule has 0 amide bonds. The smallest absolute Gasteiger partial charge is 0.305 e. The van der Waals surface area contributed by atoms with E-state index in [4.69, 9.17) is 19.9 Å². The van der Waals surface area contributed by atoms with Gasteiger partial charge in [-0.3, -0.25) is 19.2 Å². The molecule has 4 rings (SSSR count). The van der Waals surface area contributed by atoms with E-state index in [9.17, 15) is 19.2 Å². The highest BCUT2D eigenvalue weighted by Crippen LogP contribution is 2.72. The summed E-state index contributed by atoms with van der Waals surface area (Å²) >= 11 is 0. The first-order valence-corrected chi connectivity index (χ1v) is 14.4. The van der Waals surface area contributed by atoms with Crippen molar-refractivity contribution in [1.82, 2.24) is 0 Å². The lowest BCUT2D eigenvalue weighted by molar-refractivity contribution is -0.219. The predicted octanol–water partition coefficient (Wildman–Crippen LogP) is 4.21. The molecule has 4 saturated carbocycles. The summed E-state index contributed by atoms with van der Waals surface area (Å²) in [5.41, 5.74) is 5.70. The molecule has 11 atom stereocenters. The van der Waals surface area contributed by atoms with Gasteiger partial charge in [0.2, 0.25) is 0 Å². The highest BCUT2D eigenvalue weighted by atomic mass is 16.5. The van der Waals surface area contributed by atoms with E-state index in [1.165, 1.54) is 21.0 Å². The molecule has 0 saturated heterocycles. The number of hydrogen-bond donors (Lipinski definition) is 1. The molecule has 4 aliphatic carbocycles. The number of hydrogen-bond acceptors (Lipinski definition) is 8. The van der Waals surface area contributed by atoms with E-state index in [-0.39, 0.29) is 70.9 Å². The topological polar surface area (TPSA) is 122 Å². The lowest BCUT2D eigenvalue weighted by atomic mass is 9.38. The zero-order valence-corrected chi connectivity index (χ0v) is 24.2. The van der Waals surface area contributed by atoms with Crippen LogP contribution in [0.25, 0.3) is 0 Å². The van der Waals surface area contributed by atoms with Gasteiger partial charge in [-0.15, -0.1) is 0 Å². The van der Waals surface area contributed by atoms with E-state index < -0.39 is 16.9 Å². The fourth-order valence-electron chi connectivity index (χ4n) is 9.79. The number of carbonyl (C=O) groups is 4. The summed E-state index contributed by atoms with van der Waals surface area (Å²) in [5, 5.41) is 0. The van der Waals surface area contributed by atoms with Gasteiger partial charge in [-0.2, -0.15) is 0 Å². The maximum Gasteiger partial charge on any atom is 0.305 e. The van der Waals surface area contributed by atoms with Gasteiger partial charge in [-0.05, 0) is 79.4 Å². The van der Waals surface area contributed by atoms with Crippen molar-refractivity contribution < 1.29 is 33.4 Å². The number of fused-ring (bicyclic) bond motifs is 5. The molecule has 0 aliphatic heterocycles. The van der Waals surface area contributed by atoms with Gasteiger partial charge in [-0.25, -0.2) is 0 Å². The second kappa shape index (κ2) is 10.2. The third kappa shape index (κ3) is 4.39. The van der Waals surface area contributed by atoms with E-state index in [2.05, 4.69) is 27.7 Å². The Kier molecular flexibility index (Phi) is 7.81. The molecule has 38 heavy (non-hydrogen) atoms. The van der Waals surface area contributed by atoms with E-state index in [1.54, 1.807) is 0 Å². The van der Waals surface area contributed by atoms with Crippen molar-refractivity contribution in [1.29, 1.82) is 0 Å². The SMILES string of the molecule is COC(=O)CC[C@@H](C)C1CC[C@@]2(C)[C@H]3[C@H]([C@H](N)C(=O)[C@]12C)[C@@]1(C)CC[C@@H](OC(C)=O)C[C@H]1C[C@H]3OC(C)=O.